The van der Waals surface area contributed by atoms with Gasteiger partial charge in [-0.3, -0.25) is 0 Å². The van der Waals surface area contributed by atoms with Crippen LogP contribution in [-0.2, 0) is 55.2 Å². The number of anilines is 9. The summed E-state index contributed by atoms with van der Waals surface area (Å²) in [6.07, 6.45) is 0.821. The zero-order valence-electron chi connectivity index (χ0n) is 88.7. The predicted molar refractivity (Wildman–Crippen MR) is 618 cm³/mol. The Morgan fingerprint density at radius 2 is 0.565 bits per heavy atom. The maximum atomic E-state index is 7.68. The molecule has 6 nitrogen and oxygen atoms in total. The molecule has 6 heteroatoms. The summed E-state index contributed by atoms with van der Waals surface area (Å²) in [5.41, 5.74) is 52.6. The normalized spacial score (nSPS) is 15.6. The Bertz CT molecular complexity index is 9210. The van der Waals surface area contributed by atoms with Gasteiger partial charge in [-0.1, -0.05) is 371 Å². The summed E-state index contributed by atoms with van der Waals surface area (Å²) in [7, 11) is 0. The summed E-state index contributed by atoms with van der Waals surface area (Å²) in [6, 6.07) is 131. The second-order valence-corrected chi connectivity index (χ2v) is 49.5. The molecule has 0 fully saturated rings. The molecule has 147 heavy (non-hydrogen) atoms. The van der Waals surface area contributed by atoms with Gasteiger partial charge in [-0.2, -0.15) is 0 Å². The van der Waals surface area contributed by atoms with Gasteiger partial charge in [0.15, 0.2) is 11.2 Å². The lowest BCUT2D eigenvalue weighted by molar-refractivity contribution is 0.516. The lowest BCUT2D eigenvalue weighted by Crippen LogP contribution is -2.23. The number of hydrogen-bond donors (Lipinski definition) is 0. The Morgan fingerprint density at radius 3 is 1.01 bits per heavy atom. The molecule has 0 radical (unpaired) electrons. The van der Waals surface area contributed by atoms with Crippen molar-refractivity contribution < 1.29 is 13.3 Å². The monoisotopic (exact) mass is 1910 g/mol. The van der Waals surface area contributed by atoms with E-state index in [0.29, 0.717) is 5.92 Å². The summed E-state index contributed by atoms with van der Waals surface area (Å²) in [5, 5.41) is 6.68. The molecule has 3 heterocycles. The van der Waals surface area contributed by atoms with E-state index in [4.69, 9.17) is 13.3 Å². The molecule has 27 rings (SSSR count). The highest BCUT2D eigenvalue weighted by Gasteiger charge is 2.46. The molecular weight excluding hydrogens is 1780 g/mol. The summed E-state index contributed by atoms with van der Waals surface area (Å²) < 4.78 is 22.3. The highest BCUT2D eigenvalue weighted by molar-refractivity contribution is 6.15. The van der Waals surface area contributed by atoms with Crippen LogP contribution in [0.4, 0.5) is 51.2 Å². The number of para-hydroxylation sites is 3. The van der Waals surface area contributed by atoms with E-state index < -0.39 is 5.41 Å². The molecular formula is C141H125N3O3. The van der Waals surface area contributed by atoms with E-state index in [1.807, 2.05) is 0 Å². The highest BCUT2D eigenvalue weighted by atomic mass is 16.3. The Balaban J connectivity index is 0.547. The first-order valence-corrected chi connectivity index (χ1v) is 53.1. The third kappa shape index (κ3) is 13.0. The maximum Gasteiger partial charge on any atom is 0.159 e. The molecule has 3 aromatic heterocycles. The first kappa shape index (κ1) is 90.5. The molecule has 0 spiro atoms. The Hall–Kier alpha value is -15.2. The molecule has 6 aliphatic rings. The zero-order chi connectivity index (χ0) is 101. The van der Waals surface area contributed by atoms with Gasteiger partial charge in [0, 0.05) is 116 Å². The lowest BCUT2D eigenvalue weighted by Gasteiger charge is -2.30. The molecule has 0 saturated carbocycles. The molecule has 0 unspecified atom stereocenters. The Kier molecular flexibility index (Phi) is 19.1. The number of rotatable bonds is 14. The van der Waals surface area contributed by atoms with Crippen molar-refractivity contribution in [2.75, 3.05) is 14.7 Å². The van der Waals surface area contributed by atoms with Crippen molar-refractivity contribution >= 4 is 117 Å². The molecule has 6 aliphatic carbocycles. The molecule has 0 N–H and O–H groups in total. The molecule has 0 atom stereocenters. The number of hydrogen-bond acceptors (Lipinski definition) is 6. The van der Waals surface area contributed by atoms with Gasteiger partial charge >= 0.3 is 0 Å². The van der Waals surface area contributed by atoms with Crippen molar-refractivity contribution in [1.29, 1.82) is 0 Å². The van der Waals surface area contributed by atoms with Gasteiger partial charge in [0.1, 0.15) is 22.3 Å². The van der Waals surface area contributed by atoms with E-state index in [-0.39, 0.29) is 43.3 Å². The molecule has 722 valence electrons. The fourth-order valence-electron chi connectivity index (χ4n) is 27.8. The summed E-state index contributed by atoms with van der Waals surface area (Å²) in [6.45, 7) is 52.5. The topological polar surface area (TPSA) is 49.1 Å². The quantitative estimate of drug-likeness (QED) is 0.108. The minimum Gasteiger partial charge on any atom is -0.456 e. The van der Waals surface area contributed by atoms with Crippen LogP contribution in [0.2, 0.25) is 0 Å². The smallest absolute Gasteiger partial charge is 0.159 e. The van der Waals surface area contributed by atoms with Crippen LogP contribution in [0.15, 0.2) is 353 Å². The van der Waals surface area contributed by atoms with Crippen LogP contribution in [0.1, 0.15) is 253 Å². The first-order chi connectivity index (χ1) is 70.2. The largest absolute Gasteiger partial charge is 0.456 e. The second-order valence-electron chi connectivity index (χ2n) is 49.5. The summed E-state index contributed by atoms with van der Waals surface area (Å²) >= 11 is 0. The van der Waals surface area contributed by atoms with Crippen LogP contribution in [-0.4, -0.2) is 0 Å². The van der Waals surface area contributed by atoms with E-state index in [2.05, 4.69) is 507 Å². The summed E-state index contributed by atoms with van der Waals surface area (Å²) in [5.74, 6) is 0.311. The van der Waals surface area contributed by atoms with Gasteiger partial charge in [-0.25, -0.2) is 0 Å². The Labute approximate surface area is 864 Å². The minimum absolute atomic E-state index is 0.202. The second kappa shape index (κ2) is 30.9. The van der Waals surface area contributed by atoms with Crippen molar-refractivity contribution in [1.82, 2.24) is 0 Å². The molecule has 0 bridgehead atoms. The Morgan fingerprint density at radius 1 is 0.231 bits per heavy atom. The van der Waals surface area contributed by atoms with Gasteiger partial charge in [0.25, 0.3) is 0 Å². The van der Waals surface area contributed by atoms with Gasteiger partial charge < -0.3 is 28.0 Å². The van der Waals surface area contributed by atoms with Crippen molar-refractivity contribution in [3.63, 3.8) is 0 Å². The molecule has 0 aliphatic heterocycles. The van der Waals surface area contributed by atoms with Gasteiger partial charge in [-0.05, 0) is 311 Å². The standard InChI is InChI=1S/C141H125N3O3/c1-80(2)90-39-31-42-105-102-66-58-89(76-126(102)145-129(90)105)142(83-52-60-96-91-35-23-27-45-111(91)136(11,12)117(96)70-83)84-53-65-101-103-40-32-41-104(128(103)141(21,22)122(101)71-84)108-77-109-106-43-33-49-124(131(106)146-127(109)78-115(108)133(3,4)5)143(85-54-61-97-92-36-24-28-46-112(92)137(13,14)118(97)72-85)88-57-64-100-95-59-51-81(67-116(95)140(19,20)121(100)75-88)79-135(9,10)82-68-110-107-44-34-50-125(132(107)147-130(110)123(69-82)134(6,7)8)144(86-55-62-98-93-37-25-29-47-113(93)138(15,16)119(98)73-86)87-56-63-99-94-38-26-30-48-114(94)139(17,18)120(99)74-87/h23-78,80H,79H2,1-22H3. The average molecular weight is 1910 g/mol. The molecule has 0 saturated heterocycles. The fraction of sp³-hybridized carbons (Fsp3) is 0.234. The predicted octanol–water partition coefficient (Wildman–Crippen LogP) is 39.5. The van der Waals surface area contributed by atoms with Crippen molar-refractivity contribution in [3.05, 3.63) is 434 Å². The first-order valence-electron chi connectivity index (χ1n) is 53.1. The van der Waals surface area contributed by atoms with E-state index in [9.17, 15) is 0 Å². The van der Waals surface area contributed by atoms with E-state index >= 15 is 0 Å². The van der Waals surface area contributed by atoms with Crippen LogP contribution in [0.3, 0.4) is 0 Å². The van der Waals surface area contributed by atoms with Crippen molar-refractivity contribution in [3.8, 4) is 77.9 Å². The SMILES string of the molecule is CC(C)c1cccc2c1oc1cc(N(c3ccc4c(c3)C(C)(C)c3ccccc3-4)c3ccc4c(c3)C(C)(C)c3c(-c5cc6c(cc5C(C)(C)C)oc5c(N(c7ccc8c(c7)C(C)(C)c7ccccc7-8)c7ccc8c(c7)C(C)(C)c7cc(CC(C)(C)c9cc(C(C)(C)C)c%10oc%11c(N(c%12ccc%13c(c%12)C(C)(C)c%12ccccc%12-%13)c%12ccc%13c(c%12)C(C)(C)c%12ccccc%12-%13)cccc%11c%10c9)ccc7-8)cccc56)cccc3-4)ccc12. The maximum absolute atomic E-state index is 7.68. The van der Waals surface area contributed by atoms with Gasteiger partial charge in [0.2, 0.25) is 0 Å². The molecule has 18 aromatic carbocycles. The number of fused-ring (bicyclic) bond motifs is 27. The zero-order valence-corrected chi connectivity index (χ0v) is 88.7. The number of benzene rings is 18. The van der Waals surface area contributed by atoms with Crippen LogP contribution in [0.5, 0.6) is 0 Å². The van der Waals surface area contributed by atoms with Crippen molar-refractivity contribution in [2.45, 2.75) is 213 Å². The highest BCUT2D eigenvalue weighted by Crippen LogP contribution is 2.63. The lowest BCUT2D eigenvalue weighted by atomic mass is 9.75. The van der Waals surface area contributed by atoms with E-state index in [1.54, 1.807) is 0 Å². The van der Waals surface area contributed by atoms with Crippen molar-refractivity contribution in [2.24, 2.45) is 0 Å². The van der Waals surface area contributed by atoms with E-state index in [1.165, 1.54) is 172 Å². The summed E-state index contributed by atoms with van der Waals surface area (Å²) in [4.78, 5) is 7.48. The fourth-order valence-corrected chi connectivity index (χ4v) is 27.8. The van der Waals surface area contributed by atoms with Crippen LogP contribution in [0, 0.1) is 0 Å². The van der Waals surface area contributed by atoms with Crippen LogP contribution >= 0.6 is 0 Å². The van der Waals surface area contributed by atoms with Crippen LogP contribution < -0.4 is 14.7 Å². The van der Waals surface area contributed by atoms with Gasteiger partial charge in [0.05, 0.1) is 11.4 Å². The third-order valence-electron chi connectivity index (χ3n) is 35.6. The van der Waals surface area contributed by atoms with Crippen LogP contribution in [0.25, 0.3) is 144 Å². The van der Waals surface area contributed by atoms with Gasteiger partial charge in [-0.15, -0.1) is 0 Å². The van der Waals surface area contributed by atoms with E-state index in [0.717, 1.165) is 123 Å². The third-order valence-corrected chi connectivity index (χ3v) is 35.6. The average Bonchev–Trinajstić information content (AvgIpc) is 1.55. The molecule has 21 aromatic rings. The minimum atomic E-state index is -0.439. The number of nitrogens with zero attached hydrogens (tertiary/aromatic N) is 3. The molecule has 0 amide bonds. The number of furan rings is 3.